The number of esters is 1. The van der Waals surface area contributed by atoms with Gasteiger partial charge in [-0.05, 0) is 0 Å². The third-order valence-corrected chi connectivity index (χ3v) is 4.10. The predicted molar refractivity (Wildman–Crippen MR) is 88.9 cm³/mol. The van der Waals surface area contributed by atoms with E-state index in [9.17, 15) is 19.7 Å². The molecule has 1 N–H and O–H groups in total. The van der Waals surface area contributed by atoms with Crippen LogP contribution in [0.2, 0.25) is 0 Å². The Bertz CT molecular complexity index is 880. The van der Waals surface area contributed by atoms with E-state index in [4.69, 9.17) is 14.2 Å². The molecule has 1 amide bonds. The third kappa shape index (κ3) is 3.95. The van der Waals surface area contributed by atoms with Gasteiger partial charge in [0.2, 0.25) is 5.91 Å². The van der Waals surface area contributed by atoms with E-state index in [1.165, 1.54) is 24.4 Å². The van der Waals surface area contributed by atoms with Gasteiger partial charge in [-0.25, -0.2) is 9.78 Å². The Morgan fingerprint density at radius 2 is 2.27 bits per heavy atom. The van der Waals surface area contributed by atoms with Crippen LogP contribution in [0.15, 0.2) is 17.5 Å². The van der Waals surface area contributed by atoms with Crippen LogP contribution < -0.4 is 10.1 Å². The average Bonchev–Trinajstić information content (AvgIpc) is 3.06. The Labute approximate surface area is 150 Å². The highest BCUT2D eigenvalue weighted by Gasteiger charge is 2.22. The lowest BCUT2D eigenvalue weighted by molar-refractivity contribution is -0.385. The van der Waals surface area contributed by atoms with Gasteiger partial charge in [-0.3, -0.25) is 14.9 Å². The molecule has 0 aliphatic carbocycles. The minimum Gasteiger partial charge on any atom is -0.467 e. The second-order valence-electron chi connectivity index (χ2n) is 5.26. The van der Waals surface area contributed by atoms with Crippen molar-refractivity contribution in [3.63, 3.8) is 0 Å². The summed E-state index contributed by atoms with van der Waals surface area (Å²) in [4.78, 5) is 37.6. The molecule has 0 saturated heterocycles. The van der Waals surface area contributed by atoms with Gasteiger partial charge in [0.05, 0.1) is 11.5 Å². The Hall–Kier alpha value is -3.05. The van der Waals surface area contributed by atoms with Gasteiger partial charge in [0, 0.05) is 35.6 Å². The maximum absolute atomic E-state index is 12.1. The lowest BCUT2D eigenvalue weighted by Gasteiger charge is -2.20. The number of anilines is 1. The quantitative estimate of drug-likeness (QED) is 0.475. The van der Waals surface area contributed by atoms with Gasteiger partial charge in [-0.15, -0.1) is 11.3 Å². The number of nitrogens with zero attached hydrogens (tertiary/aromatic N) is 2. The van der Waals surface area contributed by atoms with E-state index in [2.05, 4.69) is 10.3 Å². The second kappa shape index (κ2) is 7.45. The minimum absolute atomic E-state index is 0.0118. The highest BCUT2D eigenvalue weighted by Crippen LogP contribution is 2.33. The molecule has 0 fully saturated rings. The summed E-state index contributed by atoms with van der Waals surface area (Å²) in [7, 11) is 0. The molecule has 1 aliphatic heterocycles. The van der Waals surface area contributed by atoms with Crippen molar-refractivity contribution in [3.8, 4) is 5.75 Å². The molecule has 3 rings (SSSR count). The highest BCUT2D eigenvalue weighted by atomic mass is 32.1. The van der Waals surface area contributed by atoms with Gasteiger partial charge in [-0.2, -0.15) is 0 Å². The molecule has 0 bridgehead atoms. The van der Waals surface area contributed by atoms with Crippen molar-refractivity contribution in [1.82, 2.24) is 4.98 Å². The molecule has 0 unspecified atom stereocenters. The lowest BCUT2D eigenvalue weighted by atomic mass is 10.1. The molecule has 1 aromatic heterocycles. The SMILES string of the molecule is CC(=O)Nc1nc(C(=O)OCc2cc([N+](=O)[O-])cc3c2OCOC3)cs1. The molecule has 0 spiro atoms. The van der Waals surface area contributed by atoms with Crippen molar-refractivity contribution >= 4 is 34.0 Å². The Balaban J connectivity index is 1.75. The topological polar surface area (TPSA) is 130 Å². The summed E-state index contributed by atoms with van der Waals surface area (Å²) in [6, 6.07) is 2.65. The van der Waals surface area contributed by atoms with Crippen LogP contribution in [0.3, 0.4) is 0 Å². The molecule has 0 atom stereocenters. The number of nitrogens with one attached hydrogen (secondary N) is 1. The monoisotopic (exact) mass is 379 g/mol. The number of carbonyl (C=O) groups excluding carboxylic acids is 2. The van der Waals surface area contributed by atoms with Crippen molar-refractivity contribution in [2.75, 3.05) is 12.1 Å². The van der Waals surface area contributed by atoms with Gasteiger partial charge in [0.25, 0.3) is 5.69 Å². The van der Waals surface area contributed by atoms with Crippen molar-refractivity contribution in [3.05, 3.63) is 44.4 Å². The number of amides is 1. The fourth-order valence-corrected chi connectivity index (χ4v) is 3.01. The summed E-state index contributed by atoms with van der Waals surface area (Å²) < 4.78 is 15.7. The molecule has 2 aromatic rings. The van der Waals surface area contributed by atoms with Gasteiger partial charge in [-0.1, -0.05) is 0 Å². The van der Waals surface area contributed by atoms with Crippen LogP contribution in [-0.4, -0.2) is 28.6 Å². The molecule has 1 aliphatic rings. The Morgan fingerprint density at radius 1 is 1.46 bits per heavy atom. The first-order valence-corrected chi connectivity index (χ1v) is 8.23. The van der Waals surface area contributed by atoms with E-state index in [1.54, 1.807) is 0 Å². The van der Waals surface area contributed by atoms with Crippen LogP contribution in [0, 0.1) is 10.1 Å². The van der Waals surface area contributed by atoms with Crippen molar-refractivity contribution in [1.29, 1.82) is 0 Å². The van der Waals surface area contributed by atoms with E-state index in [0.29, 0.717) is 16.9 Å². The van der Waals surface area contributed by atoms with Gasteiger partial charge >= 0.3 is 5.97 Å². The standard InChI is InChI=1S/C15H13N3O7S/c1-8(19)16-15-17-12(6-26-15)14(20)24-5-10-3-11(18(21)22)2-9-4-23-7-25-13(9)10/h2-3,6H,4-5,7H2,1H3,(H,16,17,19). The van der Waals surface area contributed by atoms with Crippen molar-refractivity contribution in [2.24, 2.45) is 0 Å². The molecule has 136 valence electrons. The predicted octanol–water partition coefficient (Wildman–Crippen LogP) is 2.23. The number of nitro benzene ring substituents is 1. The first-order valence-electron chi connectivity index (χ1n) is 7.35. The van der Waals surface area contributed by atoms with Crippen LogP contribution in [-0.2, 0) is 27.5 Å². The minimum atomic E-state index is -0.717. The van der Waals surface area contributed by atoms with E-state index in [1.807, 2.05) is 0 Å². The largest absolute Gasteiger partial charge is 0.467 e. The van der Waals surface area contributed by atoms with E-state index in [0.717, 1.165) is 11.3 Å². The highest BCUT2D eigenvalue weighted by molar-refractivity contribution is 7.14. The number of hydrogen-bond acceptors (Lipinski definition) is 9. The lowest BCUT2D eigenvalue weighted by Crippen LogP contribution is -2.15. The van der Waals surface area contributed by atoms with Crippen LogP contribution in [0.1, 0.15) is 28.5 Å². The fourth-order valence-electron chi connectivity index (χ4n) is 2.29. The summed E-state index contributed by atoms with van der Waals surface area (Å²) in [5.41, 5.74) is 0.758. The molecule has 0 radical (unpaired) electrons. The summed E-state index contributed by atoms with van der Waals surface area (Å²) in [6.07, 6.45) is 0. The van der Waals surface area contributed by atoms with Gasteiger partial charge < -0.3 is 19.5 Å². The first-order chi connectivity index (χ1) is 12.4. The number of ether oxygens (including phenoxy) is 3. The molecule has 11 heteroatoms. The zero-order chi connectivity index (χ0) is 18.7. The number of nitro groups is 1. The number of rotatable bonds is 5. The van der Waals surface area contributed by atoms with E-state index >= 15 is 0 Å². The number of aromatic nitrogens is 1. The Kier molecular flexibility index (Phi) is 5.09. The summed E-state index contributed by atoms with van der Waals surface area (Å²) >= 11 is 1.08. The molecule has 1 aromatic carbocycles. The maximum atomic E-state index is 12.1. The summed E-state index contributed by atoms with van der Waals surface area (Å²) in [6.45, 7) is 1.28. The van der Waals surface area contributed by atoms with Crippen LogP contribution in [0.4, 0.5) is 10.8 Å². The van der Waals surface area contributed by atoms with E-state index < -0.39 is 10.9 Å². The van der Waals surface area contributed by atoms with Crippen molar-refractivity contribution < 1.29 is 28.7 Å². The van der Waals surface area contributed by atoms with Crippen LogP contribution in [0.5, 0.6) is 5.75 Å². The molecular weight excluding hydrogens is 366 g/mol. The molecule has 26 heavy (non-hydrogen) atoms. The zero-order valence-corrected chi connectivity index (χ0v) is 14.3. The van der Waals surface area contributed by atoms with Crippen LogP contribution >= 0.6 is 11.3 Å². The maximum Gasteiger partial charge on any atom is 0.358 e. The van der Waals surface area contributed by atoms with Gasteiger partial charge in [0.1, 0.15) is 12.4 Å². The smallest absolute Gasteiger partial charge is 0.358 e. The summed E-state index contributed by atoms with van der Waals surface area (Å²) in [5.74, 6) is -0.612. The average molecular weight is 379 g/mol. The first kappa shape index (κ1) is 17.8. The number of thiazole rings is 1. The van der Waals surface area contributed by atoms with E-state index in [-0.39, 0.29) is 42.4 Å². The molecular formula is C15H13N3O7S. The fraction of sp³-hybridized carbons (Fsp3) is 0.267. The second-order valence-corrected chi connectivity index (χ2v) is 6.11. The zero-order valence-electron chi connectivity index (χ0n) is 13.5. The summed E-state index contributed by atoms with van der Waals surface area (Å²) in [5, 5.41) is 15.2. The number of fused-ring (bicyclic) bond motifs is 1. The third-order valence-electron chi connectivity index (χ3n) is 3.34. The Morgan fingerprint density at radius 3 is 3.00 bits per heavy atom. The normalized spacial score (nSPS) is 12.7. The molecule has 2 heterocycles. The number of non-ortho nitro benzene ring substituents is 1. The molecule has 0 saturated carbocycles. The van der Waals surface area contributed by atoms with Gasteiger partial charge in [0.15, 0.2) is 17.6 Å². The number of benzene rings is 1. The number of carbonyl (C=O) groups is 2. The number of hydrogen-bond donors (Lipinski definition) is 1. The molecule has 10 nitrogen and oxygen atoms in total. The van der Waals surface area contributed by atoms with Crippen LogP contribution in [0.25, 0.3) is 0 Å². The van der Waals surface area contributed by atoms with Crippen molar-refractivity contribution in [2.45, 2.75) is 20.1 Å².